The van der Waals surface area contributed by atoms with E-state index in [2.05, 4.69) is 20.1 Å². The van der Waals surface area contributed by atoms with Gasteiger partial charge in [-0.1, -0.05) is 30.4 Å². The van der Waals surface area contributed by atoms with Crippen molar-refractivity contribution >= 4 is 23.8 Å². The maximum Gasteiger partial charge on any atom is 0.354 e. The van der Waals surface area contributed by atoms with Gasteiger partial charge in [-0.15, -0.1) is 0 Å². The minimum absolute atomic E-state index is 0.133. The van der Waals surface area contributed by atoms with Crippen LogP contribution in [0.25, 0.3) is 0 Å². The molecule has 0 heterocycles. The minimum Gasteiger partial charge on any atom is -0.467 e. The zero-order valence-corrected chi connectivity index (χ0v) is 16.6. The predicted octanol–water partition coefficient (Wildman–Crippen LogP) is 1.73. The summed E-state index contributed by atoms with van der Waals surface area (Å²) in [6.45, 7) is 4.71. The second-order valence-corrected chi connectivity index (χ2v) is 5.36. The largest absolute Gasteiger partial charge is 0.467 e. The Labute approximate surface area is 164 Å². The highest BCUT2D eigenvalue weighted by atomic mass is 16.5. The number of rotatable bonds is 6. The topological polar surface area (TPSA) is 111 Å². The summed E-state index contributed by atoms with van der Waals surface area (Å²) in [5.74, 6) is -1.61. The van der Waals surface area contributed by atoms with E-state index in [9.17, 15) is 19.2 Å². The van der Waals surface area contributed by atoms with Crippen molar-refractivity contribution in [2.24, 2.45) is 0 Å². The highest BCUT2D eigenvalue weighted by Crippen LogP contribution is 1.99. The van der Waals surface area contributed by atoms with Crippen molar-refractivity contribution < 1.29 is 28.7 Å². The van der Waals surface area contributed by atoms with E-state index < -0.39 is 18.0 Å². The number of hydrogen-bond acceptors (Lipinski definition) is 6. The molecule has 0 bridgehead atoms. The van der Waals surface area contributed by atoms with Crippen LogP contribution in [-0.4, -0.2) is 44.0 Å². The predicted molar refractivity (Wildman–Crippen MR) is 104 cm³/mol. The Hall–Kier alpha value is -3.42. The molecule has 0 unspecified atom stereocenters. The Balaban J connectivity index is 0.000000528. The number of ether oxygens (including phenoxy) is 2. The zero-order chi connectivity index (χ0) is 21.5. The Kier molecular flexibility index (Phi) is 12.1. The highest BCUT2D eigenvalue weighted by Gasteiger charge is 2.16. The van der Waals surface area contributed by atoms with Gasteiger partial charge in [-0.05, 0) is 32.1 Å². The van der Waals surface area contributed by atoms with Crippen LogP contribution >= 0.6 is 0 Å². The van der Waals surface area contributed by atoms with Crippen LogP contribution in [0.2, 0.25) is 0 Å². The van der Waals surface area contributed by atoms with Crippen molar-refractivity contribution in [1.82, 2.24) is 10.6 Å². The molecule has 0 aliphatic rings. The van der Waals surface area contributed by atoms with Crippen LogP contribution in [0.1, 0.15) is 31.1 Å². The third-order valence-electron chi connectivity index (χ3n) is 3.11. The van der Waals surface area contributed by atoms with Gasteiger partial charge in [0.2, 0.25) is 5.91 Å². The summed E-state index contributed by atoms with van der Waals surface area (Å²) in [4.78, 5) is 44.3. The first kappa shape index (κ1) is 24.6. The van der Waals surface area contributed by atoms with Crippen LogP contribution < -0.4 is 10.6 Å². The van der Waals surface area contributed by atoms with E-state index in [1.807, 2.05) is 6.07 Å². The summed E-state index contributed by atoms with van der Waals surface area (Å²) in [7, 11) is 2.54. The van der Waals surface area contributed by atoms with Gasteiger partial charge in [0.05, 0.1) is 14.2 Å². The molecule has 152 valence electrons. The molecule has 0 radical (unpaired) electrons. The lowest BCUT2D eigenvalue weighted by Gasteiger charge is -2.11. The molecule has 0 fully saturated rings. The maximum atomic E-state index is 11.6. The second kappa shape index (κ2) is 13.7. The SMILES string of the molecule is C/C=C/C=C(\NC(C)=O)C(=O)OC.COC(=O)[C@H](C)NC(=O)c1ccccc1. The summed E-state index contributed by atoms with van der Waals surface area (Å²) in [6, 6.07) is 8.07. The van der Waals surface area contributed by atoms with Gasteiger partial charge in [0.1, 0.15) is 11.7 Å². The van der Waals surface area contributed by atoms with Crippen molar-refractivity contribution in [3.8, 4) is 0 Å². The van der Waals surface area contributed by atoms with E-state index in [1.54, 1.807) is 50.3 Å². The maximum absolute atomic E-state index is 11.6. The fraction of sp³-hybridized carbons (Fsp3) is 0.300. The molecule has 0 spiro atoms. The molecule has 2 N–H and O–H groups in total. The lowest BCUT2D eigenvalue weighted by molar-refractivity contribution is -0.142. The lowest BCUT2D eigenvalue weighted by Crippen LogP contribution is -2.39. The van der Waals surface area contributed by atoms with Crippen LogP contribution in [0, 0.1) is 0 Å². The molecule has 0 aromatic heterocycles. The molecule has 0 saturated heterocycles. The molecule has 1 rings (SSSR count). The molecule has 0 aliphatic heterocycles. The van der Waals surface area contributed by atoms with Gasteiger partial charge in [-0.3, -0.25) is 9.59 Å². The smallest absolute Gasteiger partial charge is 0.354 e. The Morgan fingerprint density at radius 1 is 1.04 bits per heavy atom. The fourth-order valence-corrected chi connectivity index (χ4v) is 1.76. The molecule has 28 heavy (non-hydrogen) atoms. The third kappa shape index (κ3) is 9.91. The van der Waals surface area contributed by atoms with Crippen LogP contribution in [0.15, 0.2) is 54.3 Å². The van der Waals surface area contributed by atoms with Gasteiger partial charge in [0.15, 0.2) is 0 Å². The number of amides is 2. The first-order valence-electron chi connectivity index (χ1n) is 8.39. The summed E-state index contributed by atoms with van der Waals surface area (Å²) in [6.07, 6.45) is 4.86. The van der Waals surface area contributed by atoms with E-state index in [1.165, 1.54) is 27.2 Å². The summed E-state index contributed by atoms with van der Waals surface area (Å²) in [5.41, 5.74) is 0.654. The van der Waals surface area contributed by atoms with Gasteiger partial charge in [-0.25, -0.2) is 9.59 Å². The van der Waals surface area contributed by atoms with Gasteiger partial charge in [-0.2, -0.15) is 0 Å². The van der Waals surface area contributed by atoms with Crippen molar-refractivity contribution in [2.75, 3.05) is 14.2 Å². The lowest BCUT2D eigenvalue weighted by atomic mass is 10.2. The number of carbonyl (C=O) groups excluding carboxylic acids is 4. The molecule has 0 aliphatic carbocycles. The summed E-state index contributed by atoms with van der Waals surface area (Å²) < 4.78 is 8.95. The number of benzene rings is 1. The summed E-state index contributed by atoms with van der Waals surface area (Å²) >= 11 is 0. The molecule has 1 aromatic carbocycles. The highest BCUT2D eigenvalue weighted by molar-refractivity contribution is 5.96. The van der Waals surface area contributed by atoms with Crippen molar-refractivity contribution in [2.45, 2.75) is 26.8 Å². The number of hydrogen-bond donors (Lipinski definition) is 2. The van der Waals surface area contributed by atoms with Gasteiger partial charge in [0, 0.05) is 12.5 Å². The van der Waals surface area contributed by atoms with E-state index in [0.717, 1.165) is 0 Å². The monoisotopic (exact) mass is 390 g/mol. The molecule has 2 amide bonds. The fourth-order valence-electron chi connectivity index (χ4n) is 1.76. The Morgan fingerprint density at radius 3 is 2.11 bits per heavy atom. The molecular weight excluding hydrogens is 364 g/mol. The van der Waals surface area contributed by atoms with Gasteiger partial charge < -0.3 is 20.1 Å². The number of nitrogens with one attached hydrogen (secondary N) is 2. The molecule has 0 saturated carbocycles. The van der Waals surface area contributed by atoms with E-state index in [-0.39, 0.29) is 17.5 Å². The Bertz CT molecular complexity index is 725. The average molecular weight is 390 g/mol. The van der Waals surface area contributed by atoms with Crippen molar-refractivity contribution in [1.29, 1.82) is 0 Å². The number of carbonyl (C=O) groups is 4. The zero-order valence-electron chi connectivity index (χ0n) is 16.6. The van der Waals surface area contributed by atoms with Crippen LogP contribution in [0.4, 0.5) is 0 Å². The molecule has 8 nitrogen and oxygen atoms in total. The van der Waals surface area contributed by atoms with E-state index in [4.69, 9.17) is 0 Å². The third-order valence-corrected chi connectivity index (χ3v) is 3.11. The van der Waals surface area contributed by atoms with E-state index in [0.29, 0.717) is 5.56 Å². The van der Waals surface area contributed by atoms with Crippen LogP contribution in [-0.2, 0) is 23.9 Å². The average Bonchev–Trinajstić information content (AvgIpc) is 2.70. The minimum atomic E-state index is -0.636. The Morgan fingerprint density at radius 2 is 1.64 bits per heavy atom. The first-order valence-corrected chi connectivity index (χ1v) is 8.39. The van der Waals surface area contributed by atoms with Crippen molar-refractivity contribution in [3.63, 3.8) is 0 Å². The van der Waals surface area contributed by atoms with E-state index >= 15 is 0 Å². The van der Waals surface area contributed by atoms with Crippen LogP contribution in [0.5, 0.6) is 0 Å². The molecule has 1 atom stereocenters. The first-order chi connectivity index (χ1) is 13.3. The summed E-state index contributed by atoms with van der Waals surface area (Å²) in [5, 5.41) is 4.90. The standard InChI is InChI=1S/C11H13NO3.C9H13NO3/c1-8(11(14)15-2)12-10(13)9-6-4-3-5-7-9;1-4-5-6-8(9(12)13-3)10-7(2)11/h3-8H,1-2H3,(H,12,13);4-6H,1-3H3,(H,10,11)/b;5-4+,8-6-/t8-;/m0./s1. The molecule has 8 heteroatoms. The molecule has 1 aromatic rings. The quantitative estimate of drug-likeness (QED) is 0.435. The number of allylic oxidation sites excluding steroid dienone is 3. The van der Waals surface area contributed by atoms with Crippen LogP contribution in [0.3, 0.4) is 0 Å². The normalized spacial score (nSPS) is 11.5. The second-order valence-electron chi connectivity index (χ2n) is 5.36. The van der Waals surface area contributed by atoms with Gasteiger partial charge in [0.25, 0.3) is 5.91 Å². The number of methoxy groups -OCH3 is 2. The van der Waals surface area contributed by atoms with Crippen molar-refractivity contribution in [3.05, 3.63) is 59.8 Å². The molecular formula is C20H26N2O6. The number of esters is 2. The van der Waals surface area contributed by atoms with Gasteiger partial charge >= 0.3 is 11.9 Å².